The van der Waals surface area contributed by atoms with E-state index >= 15 is 0 Å². The molecular weight excluding hydrogens is 238 g/mol. The summed E-state index contributed by atoms with van der Waals surface area (Å²) < 4.78 is 5.36. The second-order valence-electron chi connectivity index (χ2n) is 4.63. The molecule has 98 valence electrons. The summed E-state index contributed by atoms with van der Waals surface area (Å²) in [5.41, 5.74) is 6.81. The summed E-state index contributed by atoms with van der Waals surface area (Å²) in [7, 11) is 0. The van der Waals surface area contributed by atoms with E-state index in [1.54, 1.807) is 0 Å². The van der Waals surface area contributed by atoms with Crippen molar-refractivity contribution in [3.05, 3.63) is 29.8 Å². The first kappa shape index (κ1) is 16.2. The van der Waals surface area contributed by atoms with Gasteiger partial charge in [-0.05, 0) is 24.6 Å². The van der Waals surface area contributed by atoms with E-state index in [0.717, 1.165) is 11.3 Å². The zero-order chi connectivity index (χ0) is 12.2. The number of aliphatic hydroxyl groups is 1. The first-order valence-corrected chi connectivity index (χ1v) is 5.60. The van der Waals surface area contributed by atoms with Gasteiger partial charge in [0, 0.05) is 18.1 Å². The molecule has 0 fully saturated rings. The van der Waals surface area contributed by atoms with Crippen LogP contribution in [0.25, 0.3) is 0 Å². The van der Waals surface area contributed by atoms with Gasteiger partial charge in [-0.2, -0.15) is 0 Å². The van der Waals surface area contributed by atoms with Crippen LogP contribution in [0.5, 0.6) is 5.75 Å². The van der Waals surface area contributed by atoms with Gasteiger partial charge in [-0.3, -0.25) is 0 Å². The first-order valence-electron chi connectivity index (χ1n) is 5.60. The highest BCUT2D eigenvalue weighted by Crippen LogP contribution is 2.31. The van der Waals surface area contributed by atoms with Crippen LogP contribution in [-0.4, -0.2) is 18.3 Å². The van der Waals surface area contributed by atoms with Crippen molar-refractivity contribution in [2.75, 3.05) is 13.2 Å². The molecule has 4 heteroatoms. The van der Waals surface area contributed by atoms with Gasteiger partial charge in [-0.1, -0.05) is 26.0 Å². The van der Waals surface area contributed by atoms with Crippen molar-refractivity contribution in [1.82, 2.24) is 0 Å². The van der Waals surface area contributed by atoms with Crippen LogP contribution in [0.4, 0.5) is 0 Å². The molecule has 0 bridgehead atoms. The lowest BCUT2D eigenvalue weighted by atomic mass is 9.82. The minimum atomic E-state index is -0.312. The number of nitrogens with two attached hydrogens (primary N) is 1. The van der Waals surface area contributed by atoms with Gasteiger partial charge in [0.1, 0.15) is 5.75 Å². The quantitative estimate of drug-likeness (QED) is 0.854. The Kier molecular flexibility index (Phi) is 6.53. The molecule has 1 atom stereocenters. The topological polar surface area (TPSA) is 55.5 Å². The molecule has 0 unspecified atom stereocenters. The summed E-state index contributed by atoms with van der Waals surface area (Å²) in [6.07, 6.45) is 0. The number of halogens is 1. The molecule has 3 N–H and O–H groups in total. The molecular formula is C13H22ClNO2. The molecule has 1 aromatic carbocycles. The molecule has 1 rings (SSSR count). The average molecular weight is 260 g/mol. The van der Waals surface area contributed by atoms with Crippen molar-refractivity contribution >= 4 is 12.4 Å². The van der Waals surface area contributed by atoms with Gasteiger partial charge < -0.3 is 15.6 Å². The Balaban J connectivity index is 0.00000256. The van der Waals surface area contributed by atoms with E-state index in [1.807, 2.05) is 45.0 Å². The summed E-state index contributed by atoms with van der Waals surface area (Å²) in [5.74, 6) is 0.847. The maximum Gasteiger partial charge on any atom is 0.119 e. The van der Waals surface area contributed by atoms with Crippen molar-refractivity contribution in [1.29, 1.82) is 0 Å². The Morgan fingerprint density at radius 3 is 2.24 bits per heavy atom. The molecule has 1 aromatic rings. The van der Waals surface area contributed by atoms with Gasteiger partial charge >= 0.3 is 0 Å². The molecule has 0 amide bonds. The predicted octanol–water partition coefficient (Wildman–Crippen LogP) is 2.53. The Labute approximate surface area is 109 Å². The van der Waals surface area contributed by atoms with Crippen molar-refractivity contribution in [3.63, 3.8) is 0 Å². The van der Waals surface area contributed by atoms with Gasteiger partial charge in [0.25, 0.3) is 0 Å². The fraction of sp³-hybridized carbons (Fsp3) is 0.538. The highest BCUT2D eigenvalue weighted by molar-refractivity contribution is 5.85. The van der Waals surface area contributed by atoms with E-state index < -0.39 is 0 Å². The van der Waals surface area contributed by atoms with Crippen molar-refractivity contribution in [2.45, 2.75) is 26.8 Å². The van der Waals surface area contributed by atoms with E-state index in [2.05, 4.69) is 0 Å². The molecule has 0 aliphatic rings. The SMILES string of the molecule is CCOc1ccc([C@@H](N)C(C)(C)CO)cc1.Cl. The highest BCUT2D eigenvalue weighted by atomic mass is 35.5. The van der Waals surface area contributed by atoms with Gasteiger partial charge in [0.2, 0.25) is 0 Å². The van der Waals surface area contributed by atoms with Crippen LogP contribution in [0.3, 0.4) is 0 Å². The van der Waals surface area contributed by atoms with E-state index in [1.165, 1.54) is 0 Å². The lowest BCUT2D eigenvalue weighted by Gasteiger charge is -2.29. The van der Waals surface area contributed by atoms with E-state index in [9.17, 15) is 5.11 Å². The van der Waals surface area contributed by atoms with E-state index in [4.69, 9.17) is 10.5 Å². The molecule has 0 aliphatic heterocycles. The van der Waals surface area contributed by atoms with Crippen LogP contribution < -0.4 is 10.5 Å². The molecule has 0 aliphatic carbocycles. The number of rotatable bonds is 5. The standard InChI is InChI=1S/C13H21NO2.ClH/c1-4-16-11-7-5-10(6-8-11)12(14)13(2,3)9-15;/h5-8,12,15H,4,9,14H2,1-3H3;1H/t12-;/m1./s1. The Morgan fingerprint density at radius 1 is 1.29 bits per heavy atom. The zero-order valence-electron chi connectivity index (χ0n) is 10.6. The maximum absolute atomic E-state index is 9.26. The normalized spacial score (nSPS) is 12.8. The lowest BCUT2D eigenvalue weighted by molar-refractivity contribution is 0.132. The zero-order valence-corrected chi connectivity index (χ0v) is 11.5. The summed E-state index contributed by atoms with van der Waals surface area (Å²) in [6.45, 7) is 6.59. The van der Waals surface area contributed by atoms with Gasteiger partial charge in [0.15, 0.2) is 0 Å². The van der Waals surface area contributed by atoms with Crippen molar-refractivity contribution in [2.24, 2.45) is 11.1 Å². The summed E-state index contributed by atoms with van der Waals surface area (Å²) in [6, 6.07) is 7.55. The minimum absolute atomic E-state index is 0. The number of ether oxygens (including phenoxy) is 1. The minimum Gasteiger partial charge on any atom is -0.494 e. The van der Waals surface area contributed by atoms with Crippen LogP contribution >= 0.6 is 12.4 Å². The number of benzene rings is 1. The van der Waals surface area contributed by atoms with E-state index in [0.29, 0.717) is 6.61 Å². The maximum atomic E-state index is 9.26. The Morgan fingerprint density at radius 2 is 1.82 bits per heavy atom. The average Bonchev–Trinajstić information content (AvgIpc) is 2.29. The molecule has 0 heterocycles. The molecule has 0 spiro atoms. The van der Waals surface area contributed by atoms with Gasteiger partial charge in [-0.25, -0.2) is 0 Å². The third kappa shape index (κ3) is 4.19. The summed E-state index contributed by atoms with van der Waals surface area (Å²) >= 11 is 0. The number of aliphatic hydroxyl groups excluding tert-OH is 1. The van der Waals surface area contributed by atoms with Crippen LogP contribution in [0, 0.1) is 5.41 Å². The third-order valence-corrected chi connectivity index (χ3v) is 2.80. The van der Waals surface area contributed by atoms with Crippen LogP contribution in [0.1, 0.15) is 32.4 Å². The Bertz CT molecular complexity index is 325. The number of hydrogen-bond donors (Lipinski definition) is 2. The van der Waals surface area contributed by atoms with E-state index in [-0.39, 0.29) is 30.5 Å². The molecule has 17 heavy (non-hydrogen) atoms. The fourth-order valence-electron chi connectivity index (χ4n) is 1.49. The molecule has 0 saturated carbocycles. The highest BCUT2D eigenvalue weighted by Gasteiger charge is 2.26. The van der Waals surface area contributed by atoms with Crippen LogP contribution in [0.15, 0.2) is 24.3 Å². The molecule has 3 nitrogen and oxygen atoms in total. The van der Waals surface area contributed by atoms with Crippen molar-refractivity contribution < 1.29 is 9.84 Å². The predicted molar refractivity (Wildman–Crippen MR) is 72.7 cm³/mol. The third-order valence-electron chi connectivity index (χ3n) is 2.80. The monoisotopic (exact) mass is 259 g/mol. The van der Waals surface area contributed by atoms with Gasteiger partial charge in [-0.15, -0.1) is 12.4 Å². The summed E-state index contributed by atoms with van der Waals surface area (Å²) in [5, 5.41) is 9.26. The lowest BCUT2D eigenvalue weighted by Crippen LogP contribution is -2.32. The largest absolute Gasteiger partial charge is 0.494 e. The number of hydrogen-bond acceptors (Lipinski definition) is 3. The summed E-state index contributed by atoms with van der Waals surface area (Å²) in [4.78, 5) is 0. The van der Waals surface area contributed by atoms with Gasteiger partial charge in [0.05, 0.1) is 6.61 Å². The second-order valence-corrected chi connectivity index (χ2v) is 4.63. The van der Waals surface area contributed by atoms with Crippen LogP contribution in [-0.2, 0) is 0 Å². The molecule has 0 saturated heterocycles. The smallest absolute Gasteiger partial charge is 0.119 e. The van der Waals surface area contributed by atoms with Crippen LogP contribution in [0.2, 0.25) is 0 Å². The fourth-order valence-corrected chi connectivity index (χ4v) is 1.49. The molecule has 0 aromatic heterocycles. The van der Waals surface area contributed by atoms with Crippen molar-refractivity contribution in [3.8, 4) is 5.75 Å². The first-order chi connectivity index (χ1) is 7.51. The Hall–Kier alpha value is -0.770. The second kappa shape index (κ2) is 6.84. The molecule has 0 radical (unpaired) electrons.